The molecule has 0 unspecified atom stereocenters. The first kappa shape index (κ1) is 12.2. The fourth-order valence-corrected chi connectivity index (χ4v) is 1.43. The number of hydrogen-bond donors (Lipinski definition) is 1. The second-order valence-corrected chi connectivity index (χ2v) is 3.46. The number of amides is 1. The van der Waals surface area contributed by atoms with Gasteiger partial charge in [-0.05, 0) is 29.5 Å². The number of rotatable bonds is 5. The van der Waals surface area contributed by atoms with E-state index in [-0.39, 0.29) is 12.5 Å². The third kappa shape index (κ3) is 2.89. The van der Waals surface area contributed by atoms with Crippen molar-refractivity contribution in [1.29, 1.82) is 0 Å². The highest BCUT2D eigenvalue weighted by atomic mass is 16.5. The van der Waals surface area contributed by atoms with Crippen molar-refractivity contribution < 1.29 is 9.53 Å². The number of anilines is 1. The number of ether oxygens (including phenoxy) is 1. The highest BCUT2D eigenvalue weighted by molar-refractivity contribution is 5.93. The summed E-state index contributed by atoms with van der Waals surface area (Å²) in [5.41, 5.74) is 1.34. The molecule has 2 aromatic rings. The minimum Gasteiger partial charge on any atom is -0.372 e. The van der Waals surface area contributed by atoms with Crippen molar-refractivity contribution in [2.45, 2.75) is 6.92 Å². The second kappa shape index (κ2) is 5.87. The lowest BCUT2D eigenvalue weighted by Gasteiger charge is -2.09. The number of carbonyl (C=O) groups excluding carboxylic acids is 1. The number of nitrogens with one attached hydrogen (secondary N) is 1. The number of tetrazole rings is 1. The zero-order chi connectivity index (χ0) is 12.8. The fraction of sp³-hybridized carbons (Fsp3) is 0.273. The maximum atomic E-state index is 11.6. The smallest absolute Gasteiger partial charge is 0.250 e. The molecule has 7 heteroatoms. The van der Waals surface area contributed by atoms with Crippen molar-refractivity contribution in [2.24, 2.45) is 0 Å². The number of benzene rings is 1. The molecular formula is C11H13N5O2. The number of aromatic nitrogens is 4. The van der Waals surface area contributed by atoms with Crippen LogP contribution in [0.25, 0.3) is 5.69 Å². The van der Waals surface area contributed by atoms with Crippen LogP contribution in [-0.4, -0.2) is 39.3 Å². The van der Waals surface area contributed by atoms with E-state index in [9.17, 15) is 4.79 Å². The van der Waals surface area contributed by atoms with Gasteiger partial charge in [0, 0.05) is 6.61 Å². The van der Waals surface area contributed by atoms with Crippen LogP contribution in [0.15, 0.2) is 30.6 Å². The average Bonchev–Trinajstić information content (AvgIpc) is 2.91. The molecule has 0 aliphatic carbocycles. The minimum absolute atomic E-state index is 0.0282. The molecule has 0 aliphatic heterocycles. The van der Waals surface area contributed by atoms with Crippen molar-refractivity contribution in [3.63, 3.8) is 0 Å². The van der Waals surface area contributed by atoms with Gasteiger partial charge in [-0.15, -0.1) is 5.10 Å². The third-order valence-electron chi connectivity index (χ3n) is 2.21. The Kier molecular flexibility index (Phi) is 3.98. The van der Waals surface area contributed by atoms with Crippen LogP contribution < -0.4 is 5.32 Å². The molecule has 0 saturated heterocycles. The van der Waals surface area contributed by atoms with E-state index in [1.54, 1.807) is 6.07 Å². The van der Waals surface area contributed by atoms with Crippen LogP contribution in [0.5, 0.6) is 0 Å². The second-order valence-electron chi connectivity index (χ2n) is 3.46. The Labute approximate surface area is 104 Å². The highest BCUT2D eigenvalue weighted by Gasteiger charge is 2.08. The topological polar surface area (TPSA) is 81.9 Å². The lowest BCUT2D eigenvalue weighted by molar-refractivity contribution is -0.120. The lowest BCUT2D eigenvalue weighted by atomic mass is 10.2. The maximum Gasteiger partial charge on any atom is 0.250 e. The molecule has 0 fully saturated rings. The molecule has 1 aromatic carbocycles. The summed E-state index contributed by atoms with van der Waals surface area (Å²) in [5, 5.41) is 13.7. The summed E-state index contributed by atoms with van der Waals surface area (Å²) in [6, 6.07) is 7.26. The van der Waals surface area contributed by atoms with Crippen LogP contribution in [0.1, 0.15) is 6.92 Å². The number of nitrogens with zero attached hydrogens (tertiary/aromatic N) is 4. The molecule has 1 aromatic heterocycles. The molecule has 0 saturated carbocycles. The van der Waals surface area contributed by atoms with E-state index in [4.69, 9.17) is 4.74 Å². The van der Waals surface area contributed by atoms with E-state index in [0.29, 0.717) is 18.0 Å². The van der Waals surface area contributed by atoms with Crippen LogP contribution in [0.3, 0.4) is 0 Å². The summed E-state index contributed by atoms with van der Waals surface area (Å²) < 4.78 is 6.52. The van der Waals surface area contributed by atoms with Gasteiger partial charge in [0.1, 0.15) is 12.9 Å². The Morgan fingerprint density at radius 3 is 3.00 bits per heavy atom. The van der Waals surface area contributed by atoms with Gasteiger partial charge in [0.15, 0.2) is 0 Å². The molecular weight excluding hydrogens is 234 g/mol. The van der Waals surface area contributed by atoms with Crippen LogP contribution in [0, 0.1) is 0 Å². The van der Waals surface area contributed by atoms with Gasteiger partial charge in [-0.3, -0.25) is 4.79 Å². The van der Waals surface area contributed by atoms with Crippen LogP contribution in [0.2, 0.25) is 0 Å². The fourth-order valence-electron chi connectivity index (χ4n) is 1.43. The van der Waals surface area contributed by atoms with Crippen LogP contribution in [-0.2, 0) is 9.53 Å². The van der Waals surface area contributed by atoms with E-state index in [1.807, 2.05) is 25.1 Å². The summed E-state index contributed by atoms with van der Waals surface area (Å²) >= 11 is 0. The minimum atomic E-state index is -0.211. The van der Waals surface area contributed by atoms with Crippen molar-refractivity contribution in [3.8, 4) is 5.69 Å². The Morgan fingerprint density at radius 1 is 1.44 bits per heavy atom. The average molecular weight is 247 g/mol. The molecule has 1 amide bonds. The molecule has 7 nitrogen and oxygen atoms in total. The molecule has 0 radical (unpaired) electrons. The largest absolute Gasteiger partial charge is 0.372 e. The van der Waals surface area contributed by atoms with E-state index in [1.165, 1.54) is 11.0 Å². The Balaban J connectivity index is 2.16. The molecule has 1 N–H and O–H groups in total. The van der Waals surface area contributed by atoms with Gasteiger partial charge in [-0.25, -0.2) is 0 Å². The quantitative estimate of drug-likeness (QED) is 0.838. The van der Waals surface area contributed by atoms with Gasteiger partial charge in [-0.2, -0.15) is 4.68 Å². The van der Waals surface area contributed by atoms with Gasteiger partial charge in [0.05, 0.1) is 11.4 Å². The summed E-state index contributed by atoms with van der Waals surface area (Å²) in [7, 11) is 0. The van der Waals surface area contributed by atoms with Gasteiger partial charge in [0.2, 0.25) is 5.91 Å². The van der Waals surface area contributed by atoms with Crippen molar-refractivity contribution in [3.05, 3.63) is 30.6 Å². The summed E-state index contributed by atoms with van der Waals surface area (Å²) in [5.74, 6) is -0.211. The highest BCUT2D eigenvalue weighted by Crippen LogP contribution is 2.18. The Hall–Kier alpha value is -2.28. The monoisotopic (exact) mass is 247 g/mol. The maximum absolute atomic E-state index is 11.6. The number of carbonyl (C=O) groups is 1. The molecule has 0 aliphatic rings. The summed E-state index contributed by atoms with van der Waals surface area (Å²) in [4.78, 5) is 11.6. The summed E-state index contributed by atoms with van der Waals surface area (Å²) in [6.07, 6.45) is 1.47. The first-order chi connectivity index (χ1) is 8.81. The SMILES string of the molecule is CCOCC(=O)Nc1ccccc1-n1cnnn1. The van der Waals surface area contributed by atoms with Gasteiger partial charge in [-0.1, -0.05) is 12.1 Å². The molecule has 2 rings (SSSR count). The third-order valence-corrected chi connectivity index (χ3v) is 2.21. The first-order valence-electron chi connectivity index (χ1n) is 5.51. The molecule has 18 heavy (non-hydrogen) atoms. The lowest BCUT2D eigenvalue weighted by Crippen LogP contribution is -2.19. The number of para-hydroxylation sites is 2. The zero-order valence-electron chi connectivity index (χ0n) is 9.91. The van der Waals surface area contributed by atoms with E-state index >= 15 is 0 Å². The van der Waals surface area contributed by atoms with E-state index in [0.717, 1.165) is 0 Å². The Morgan fingerprint density at radius 2 is 2.28 bits per heavy atom. The summed E-state index contributed by atoms with van der Waals surface area (Å²) in [6.45, 7) is 2.37. The molecule has 0 atom stereocenters. The van der Waals surface area contributed by atoms with Gasteiger partial charge in [0.25, 0.3) is 0 Å². The van der Waals surface area contributed by atoms with Crippen molar-refractivity contribution in [1.82, 2.24) is 20.2 Å². The molecule has 94 valence electrons. The van der Waals surface area contributed by atoms with Gasteiger partial charge >= 0.3 is 0 Å². The standard InChI is InChI=1S/C11H13N5O2/c1-2-18-7-11(17)13-9-5-3-4-6-10(9)16-8-12-14-15-16/h3-6,8H,2,7H2,1H3,(H,13,17). The van der Waals surface area contributed by atoms with Crippen molar-refractivity contribution >= 4 is 11.6 Å². The molecule has 1 heterocycles. The van der Waals surface area contributed by atoms with Crippen LogP contribution in [0.4, 0.5) is 5.69 Å². The normalized spacial score (nSPS) is 10.3. The predicted octanol–water partition coefficient (Wildman–Crippen LogP) is 0.637. The number of hydrogen-bond acceptors (Lipinski definition) is 5. The first-order valence-corrected chi connectivity index (χ1v) is 5.51. The predicted molar refractivity (Wildman–Crippen MR) is 64.3 cm³/mol. The van der Waals surface area contributed by atoms with E-state index < -0.39 is 0 Å². The molecule has 0 bridgehead atoms. The van der Waals surface area contributed by atoms with Crippen molar-refractivity contribution in [2.75, 3.05) is 18.5 Å². The van der Waals surface area contributed by atoms with Gasteiger partial charge < -0.3 is 10.1 Å². The van der Waals surface area contributed by atoms with Crippen LogP contribution >= 0.6 is 0 Å². The molecule has 0 spiro atoms. The van der Waals surface area contributed by atoms with E-state index in [2.05, 4.69) is 20.8 Å². The Bertz CT molecular complexity index is 512. The zero-order valence-corrected chi connectivity index (χ0v) is 9.91.